The molecule has 0 amide bonds. The fourth-order valence-corrected chi connectivity index (χ4v) is 4.09. The monoisotopic (exact) mass is 430 g/mol. The van der Waals surface area contributed by atoms with Crippen LogP contribution in [0.2, 0.25) is 0 Å². The van der Waals surface area contributed by atoms with Gasteiger partial charge in [-0.1, -0.05) is 0 Å². The third-order valence-electron chi connectivity index (χ3n) is 3.62. The van der Waals surface area contributed by atoms with E-state index in [9.17, 15) is 25.2 Å². The van der Waals surface area contributed by atoms with Gasteiger partial charge in [0.05, 0.1) is 0 Å². The Morgan fingerprint density at radius 3 is 2.36 bits per heavy atom. The van der Waals surface area contributed by atoms with Crippen LogP contribution in [0.4, 0.5) is 0 Å². The molecule has 1 aromatic rings. The molecule has 0 saturated carbocycles. The maximum atomic E-state index is 10.6. The zero-order valence-electron chi connectivity index (χ0n) is 13.6. The summed E-state index contributed by atoms with van der Waals surface area (Å²) < 4.78 is 10.9. The number of aliphatic hydroxyl groups excluding tert-OH is 4. The van der Waals surface area contributed by atoms with Crippen molar-refractivity contribution >= 4 is 20.9 Å². The van der Waals surface area contributed by atoms with Crippen molar-refractivity contribution in [1.82, 2.24) is 0 Å². The van der Waals surface area contributed by atoms with Gasteiger partial charge >= 0.3 is 174 Å². The van der Waals surface area contributed by atoms with Gasteiger partial charge in [-0.15, -0.1) is 0 Å². The normalized spacial score (nSPS) is 29.0. The standard InChI is InChI=1S/C15H20O8Se.Na/c16-5-10-11(17)12(18)13(19)15(23-10)24-7-22-6-8-1-3-9(4-2-8)14(20)21;/h1-4,10-13,15-19H,5-7H2,(H,20,21);/q;+1/p-1. The van der Waals surface area contributed by atoms with E-state index < -0.39 is 42.0 Å². The second-order valence-electron chi connectivity index (χ2n) is 5.31. The van der Waals surface area contributed by atoms with Crippen LogP contribution in [0.15, 0.2) is 24.3 Å². The van der Waals surface area contributed by atoms with Crippen LogP contribution >= 0.6 is 0 Å². The molecule has 8 nitrogen and oxygen atoms in total. The molecular formula is C15H19NaO8Se. The first-order chi connectivity index (χ1) is 11.4. The molecular weight excluding hydrogens is 410 g/mol. The van der Waals surface area contributed by atoms with Crippen LogP contribution in [0.3, 0.4) is 0 Å². The van der Waals surface area contributed by atoms with Crippen molar-refractivity contribution in [2.24, 2.45) is 0 Å². The van der Waals surface area contributed by atoms with E-state index in [4.69, 9.17) is 14.6 Å². The van der Waals surface area contributed by atoms with E-state index >= 15 is 0 Å². The fourth-order valence-electron chi connectivity index (χ4n) is 2.22. The number of hydrogen-bond acceptors (Lipinski definition) is 8. The van der Waals surface area contributed by atoms with Crippen molar-refractivity contribution in [2.45, 2.75) is 36.0 Å². The zero-order chi connectivity index (χ0) is 17.7. The minimum Gasteiger partial charge on any atom is 1.00 e. The van der Waals surface area contributed by atoms with Crippen LogP contribution in [-0.2, 0) is 16.1 Å². The Kier molecular flexibility index (Phi) is 10.1. The number of aliphatic hydroxyl groups is 4. The largest absolute Gasteiger partial charge is 1.00 e. The molecule has 0 spiro atoms. The number of ether oxygens (including phenoxy) is 2. The number of aromatic carboxylic acids is 1. The molecule has 1 fully saturated rings. The summed E-state index contributed by atoms with van der Waals surface area (Å²) in [5, 5.41) is 48.4. The van der Waals surface area contributed by atoms with E-state index in [1.54, 1.807) is 12.1 Å². The van der Waals surface area contributed by atoms with Crippen LogP contribution in [0.25, 0.3) is 0 Å². The number of benzene rings is 1. The summed E-state index contributed by atoms with van der Waals surface area (Å²) in [6, 6.07) is 6.09. The average Bonchev–Trinajstić information content (AvgIpc) is 2.58. The summed E-state index contributed by atoms with van der Waals surface area (Å²) in [4.78, 5) is 10.6. The Hall–Kier alpha value is -0.0305. The molecule has 1 heterocycles. The third-order valence-corrected chi connectivity index (χ3v) is 5.77. The molecule has 5 atom stereocenters. The molecule has 1 aliphatic rings. The minimum absolute atomic E-state index is 0. The molecule has 25 heavy (non-hydrogen) atoms. The zero-order valence-corrected chi connectivity index (χ0v) is 17.4. The topological polar surface area (TPSA) is 140 Å². The van der Waals surface area contributed by atoms with Crippen LogP contribution < -0.4 is 34.7 Å². The van der Waals surface area contributed by atoms with Crippen molar-refractivity contribution in [3.8, 4) is 0 Å². The molecule has 0 aromatic heterocycles. The molecule has 2 rings (SSSR count). The first kappa shape index (κ1) is 23.0. The molecule has 134 valence electrons. The predicted octanol–water partition coefficient (Wildman–Crippen LogP) is -5.97. The molecule has 0 bridgehead atoms. The average molecular weight is 429 g/mol. The van der Waals surface area contributed by atoms with Gasteiger partial charge in [0.15, 0.2) is 0 Å². The molecule has 1 aromatic carbocycles. The Morgan fingerprint density at radius 1 is 1.16 bits per heavy atom. The Bertz CT molecular complexity index is 541. The van der Waals surface area contributed by atoms with Gasteiger partial charge in [0, 0.05) is 0 Å². The van der Waals surface area contributed by atoms with Crippen molar-refractivity contribution in [1.29, 1.82) is 0 Å². The van der Waals surface area contributed by atoms with Crippen LogP contribution in [0.5, 0.6) is 0 Å². The first-order valence-electron chi connectivity index (χ1n) is 7.24. The van der Waals surface area contributed by atoms with Crippen molar-refractivity contribution in [2.75, 3.05) is 12.1 Å². The summed E-state index contributed by atoms with van der Waals surface area (Å²) in [5.41, 5.74) is 1.15. The van der Waals surface area contributed by atoms with Crippen molar-refractivity contribution < 1.29 is 69.4 Å². The molecule has 10 heteroatoms. The summed E-state index contributed by atoms with van der Waals surface area (Å²) in [6.07, 6.45) is -4.89. The molecule has 4 N–H and O–H groups in total. The number of carbonyl (C=O) groups is 1. The van der Waals surface area contributed by atoms with E-state index in [1.165, 1.54) is 12.1 Å². The number of rotatable bonds is 7. The van der Waals surface area contributed by atoms with E-state index in [0.29, 0.717) is 0 Å². The van der Waals surface area contributed by atoms with Gasteiger partial charge in [-0.2, -0.15) is 0 Å². The number of carbonyl (C=O) groups excluding carboxylic acids is 1. The summed E-state index contributed by atoms with van der Waals surface area (Å²) in [7, 11) is 0. The fraction of sp³-hybridized carbons (Fsp3) is 0.533. The molecule has 5 unspecified atom stereocenters. The van der Waals surface area contributed by atoms with Crippen molar-refractivity contribution in [3.63, 3.8) is 0 Å². The molecule has 0 aliphatic carbocycles. The predicted molar refractivity (Wildman–Crippen MR) is 79.9 cm³/mol. The Morgan fingerprint density at radius 2 is 1.80 bits per heavy atom. The number of carboxylic acid groups (broad SMARTS) is 1. The second kappa shape index (κ2) is 11.0. The Balaban J connectivity index is 0.00000312. The Labute approximate surface area is 173 Å². The van der Waals surface area contributed by atoms with E-state index in [0.717, 1.165) is 5.56 Å². The second-order valence-corrected chi connectivity index (χ2v) is 7.48. The third kappa shape index (κ3) is 6.27. The van der Waals surface area contributed by atoms with Crippen LogP contribution in [0, 0.1) is 0 Å². The van der Waals surface area contributed by atoms with Crippen LogP contribution in [-0.4, -0.2) is 82.9 Å². The molecule has 1 saturated heterocycles. The molecule has 1 aliphatic heterocycles. The van der Waals surface area contributed by atoms with Gasteiger partial charge < -0.3 is 0 Å². The smallest absolute Gasteiger partial charge is 1.00 e. The van der Waals surface area contributed by atoms with Gasteiger partial charge in [0.2, 0.25) is 0 Å². The number of hydrogen-bond donors (Lipinski definition) is 4. The van der Waals surface area contributed by atoms with Crippen LogP contribution in [0.1, 0.15) is 15.9 Å². The van der Waals surface area contributed by atoms with Gasteiger partial charge in [-0.25, -0.2) is 0 Å². The quantitative estimate of drug-likeness (QED) is 0.248. The minimum atomic E-state index is -1.38. The van der Waals surface area contributed by atoms with Gasteiger partial charge in [0.1, 0.15) is 0 Å². The van der Waals surface area contributed by atoms with Gasteiger partial charge in [0.25, 0.3) is 0 Å². The van der Waals surface area contributed by atoms with E-state index in [1.807, 2.05) is 0 Å². The summed E-state index contributed by atoms with van der Waals surface area (Å²) in [5.74, 6) is -1.24. The van der Waals surface area contributed by atoms with E-state index in [2.05, 4.69) is 0 Å². The maximum absolute atomic E-state index is 10.6. The SMILES string of the molecule is O=C([O-])c1ccc(COC[Se]C2OC(CO)C(O)C(O)C2O)cc1.[Na+]. The van der Waals surface area contributed by atoms with Gasteiger partial charge in [-0.3, -0.25) is 0 Å². The van der Waals surface area contributed by atoms with E-state index in [-0.39, 0.29) is 62.2 Å². The summed E-state index contributed by atoms with van der Waals surface area (Å²) >= 11 is -0.348. The first-order valence-corrected chi connectivity index (χ1v) is 9.44. The molecule has 0 radical (unpaired) electrons. The van der Waals surface area contributed by atoms with Gasteiger partial charge in [-0.05, 0) is 0 Å². The van der Waals surface area contributed by atoms with Crippen molar-refractivity contribution in [3.05, 3.63) is 35.4 Å². The maximum Gasteiger partial charge on any atom is 1.00 e. The summed E-state index contributed by atoms with van der Waals surface area (Å²) in [6.45, 7) is -0.199. The number of carboxylic acids is 1.